The van der Waals surface area contributed by atoms with Crippen LogP contribution in [-0.2, 0) is 16.2 Å². The molecule has 43 heavy (non-hydrogen) atoms. The van der Waals surface area contributed by atoms with E-state index in [-0.39, 0.29) is 23.5 Å². The molecule has 6 N–H and O–H groups in total. The molecule has 0 aromatic carbocycles. The fourth-order valence-corrected chi connectivity index (χ4v) is 6.44. The number of hydrazine groups is 1. The molecule has 0 atom stereocenters. The Morgan fingerprint density at radius 1 is 1.12 bits per heavy atom. The van der Waals surface area contributed by atoms with Crippen molar-refractivity contribution in [3.63, 3.8) is 0 Å². The first-order valence-electron chi connectivity index (χ1n) is 15.8. The van der Waals surface area contributed by atoms with Crippen molar-refractivity contribution in [2.24, 2.45) is 22.1 Å². The normalized spacial score (nSPS) is 18.3. The molecular weight excluding hydrogens is 550 g/mol. The first-order valence-corrected chi connectivity index (χ1v) is 15.8. The molecule has 1 saturated carbocycles. The molecule has 0 unspecified atom stereocenters. The number of imidazole rings is 1. The van der Waals surface area contributed by atoms with Gasteiger partial charge in [0.25, 0.3) is 0 Å². The van der Waals surface area contributed by atoms with E-state index in [9.17, 15) is 9.59 Å². The summed E-state index contributed by atoms with van der Waals surface area (Å²) in [5.74, 6) is 6.84. The highest BCUT2D eigenvalue weighted by Crippen LogP contribution is 2.45. The average Bonchev–Trinajstić information content (AvgIpc) is 3.33. The van der Waals surface area contributed by atoms with Crippen molar-refractivity contribution in [1.82, 2.24) is 24.6 Å². The molecular formula is C30H47N9O4. The molecule has 13 heteroatoms. The fourth-order valence-electron chi connectivity index (χ4n) is 6.44. The van der Waals surface area contributed by atoms with Crippen molar-refractivity contribution < 1.29 is 14.4 Å². The Labute approximate surface area is 252 Å². The molecule has 3 aliphatic rings. The van der Waals surface area contributed by atoms with Crippen LogP contribution in [0.1, 0.15) is 95.2 Å². The Morgan fingerprint density at radius 2 is 1.91 bits per heavy atom. The number of hydrazone groups is 1. The number of carbonyl (C=O) groups excluding carboxylic acids is 1. The molecule has 2 aliphatic heterocycles. The van der Waals surface area contributed by atoms with Gasteiger partial charge in [0.15, 0.2) is 11.7 Å². The quantitative estimate of drug-likeness (QED) is 0.200. The number of amidine groups is 1. The molecule has 1 amide bonds. The van der Waals surface area contributed by atoms with Gasteiger partial charge in [0.2, 0.25) is 11.8 Å². The average molecular weight is 598 g/mol. The summed E-state index contributed by atoms with van der Waals surface area (Å²) in [6.07, 6.45) is 13.6. The van der Waals surface area contributed by atoms with Crippen LogP contribution in [0.2, 0.25) is 0 Å². The lowest BCUT2D eigenvalue weighted by Gasteiger charge is -2.45. The molecule has 4 heterocycles. The number of pyridine rings is 1. The highest BCUT2D eigenvalue weighted by molar-refractivity contribution is 6.00. The molecule has 1 spiro atoms. The van der Waals surface area contributed by atoms with Gasteiger partial charge in [0.1, 0.15) is 11.8 Å². The van der Waals surface area contributed by atoms with Gasteiger partial charge in [0, 0.05) is 31.8 Å². The Kier molecular flexibility index (Phi) is 10.2. The van der Waals surface area contributed by atoms with Gasteiger partial charge < -0.3 is 25.2 Å². The number of nitrogens with two attached hydrogens (primary N) is 2. The number of hydrogen-bond donors (Lipinski definition) is 4. The van der Waals surface area contributed by atoms with Crippen LogP contribution < -0.4 is 27.5 Å². The van der Waals surface area contributed by atoms with Crippen LogP contribution in [0.5, 0.6) is 5.88 Å². The number of aromatic nitrogens is 3. The lowest BCUT2D eigenvalue weighted by Crippen LogP contribution is -2.45. The van der Waals surface area contributed by atoms with Gasteiger partial charge in [-0.2, -0.15) is 0 Å². The molecule has 236 valence electrons. The van der Waals surface area contributed by atoms with Crippen LogP contribution >= 0.6 is 0 Å². The summed E-state index contributed by atoms with van der Waals surface area (Å²) < 4.78 is 7.89. The van der Waals surface area contributed by atoms with Crippen LogP contribution in [0.4, 0.5) is 5.82 Å². The van der Waals surface area contributed by atoms with E-state index in [0.717, 1.165) is 89.3 Å². The van der Waals surface area contributed by atoms with E-state index in [1.54, 1.807) is 15.9 Å². The first kappa shape index (κ1) is 30.9. The molecule has 2 fully saturated rings. The minimum atomic E-state index is -0.256. The summed E-state index contributed by atoms with van der Waals surface area (Å²) in [4.78, 5) is 39.4. The van der Waals surface area contributed by atoms with E-state index in [2.05, 4.69) is 37.2 Å². The minimum absolute atomic E-state index is 0.140. The SMILES string of the molecule is CCCCN1N=C(N)c2[nH]c(=O)n(Cc3ccc(OC4CCC5(CC4)CCN(C(=O)CCCCCON)CC5)nc3)c2N1. The Morgan fingerprint density at radius 3 is 2.60 bits per heavy atom. The maximum Gasteiger partial charge on any atom is 0.328 e. The third kappa shape index (κ3) is 7.69. The number of rotatable bonds is 13. The van der Waals surface area contributed by atoms with E-state index in [0.29, 0.717) is 48.9 Å². The number of unbranched alkanes of at least 4 members (excludes halogenated alkanes) is 3. The number of nitrogens with one attached hydrogen (secondary N) is 2. The van der Waals surface area contributed by atoms with Gasteiger partial charge in [0.05, 0.1) is 19.7 Å². The number of piperidine rings is 1. The van der Waals surface area contributed by atoms with Crippen molar-refractivity contribution in [3.8, 4) is 5.88 Å². The Hall–Kier alpha value is -3.58. The van der Waals surface area contributed by atoms with Crippen LogP contribution in [0.25, 0.3) is 0 Å². The minimum Gasteiger partial charge on any atom is -0.474 e. The summed E-state index contributed by atoms with van der Waals surface area (Å²) in [6, 6.07) is 3.83. The van der Waals surface area contributed by atoms with E-state index in [4.69, 9.17) is 16.4 Å². The van der Waals surface area contributed by atoms with E-state index in [1.807, 2.05) is 12.1 Å². The highest BCUT2D eigenvalue weighted by Gasteiger charge is 2.39. The summed E-state index contributed by atoms with van der Waals surface area (Å²) in [5, 5.41) is 6.01. The van der Waals surface area contributed by atoms with Gasteiger partial charge in [-0.05, 0) is 68.8 Å². The van der Waals surface area contributed by atoms with Gasteiger partial charge in [-0.3, -0.25) is 14.8 Å². The Balaban J connectivity index is 1.08. The standard InChI is InChI=1S/C30H47N9O4/c1-2-3-16-39-35-27(31)26-28(36-39)38(29(41)34-26)21-22-8-9-24(33-20-22)43-23-10-12-30(13-11-23)14-17-37(18-15-30)25(40)7-5-4-6-19-42-32/h8-9,20,23,36H,2-7,10-19,21,32H2,1H3,(H2,31,35)(H,34,41). The van der Waals surface area contributed by atoms with Crippen molar-refractivity contribution in [3.05, 3.63) is 40.1 Å². The zero-order valence-corrected chi connectivity index (χ0v) is 25.4. The van der Waals surface area contributed by atoms with Gasteiger partial charge in [-0.1, -0.05) is 25.8 Å². The summed E-state index contributed by atoms with van der Waals surface area (Å²) >= 11 is 0. The zero-order chi connectivity index (χ0) is 30.2. The molecule has 1 saturated heterocycles. The molecule has 0 bridgehead atoms. The topological polar surface area (TPSA) is 169 Å². The molecule has 2 aromatic heterocycles. The number of nitrogens with zero attached hydrogens (tertiary/aromatic N) is 5. The third-order valence-corrected chi connectivity index (χ3v) is 9.18. The summed E-state index contributed by atoms with van der Waals surface area (Å²) in [5.41, 5.74) is 10.8. The summed E-state index contributed by atoms with van der Waals surface area (Å²) in [6.45, 7) is 5.41. The van der Waals surface area contributed by atoms with Crippen molar-refractivity contribution in [1.29, 1.82) is 0 Å². The highest BCUT2D eigenvalue weighted by atomic mass is 16.6. The van der Waals surface area contributed by atoms with Crippen molar-refractivity contribution in [2.45, 2.75) is 96.6 Å². The Bertz CT molecular complexity index is 1290. The van der Waals surface area contributed by atoms with Crippen LogP contribution in [0.3, 0.4) is 0 Å². The maximum atomic E-state index is 12.7. The van der Waals surface area contributed by atoms with Crippen LogP contribution in [0, 0.1) is 5.41 Å². The summed E-state index contributed by atoms with van der Waals surface area (Å²) in [7, 11) is 0. The predicted molar refractivity (Wildman–Crippen MR) is 164 cm³/mol. The van der Waals surface area contributed by atoms with Gasteiger partial charge in [-0.25, -0.2) is 20.8 Å². The van der Waals surface area contributed by atoms with Crippen molar-refractivity contribution >= 4 is 17.6 Å². The largest absolute Gasteiger partial charge is 0.474 e. The van der Waals surface area contributed by atoms with E-state index < -0.39 is 0 Å². The number of anilines is 1. The number of fused-ring (bicyclic) bond motifs is 1. The number of amides is 1. The fraction of sp³-hybridized carbons (Fsp3) is 0.667. The number of likely N-dealkylation sites (tertiary alicyclic amines) is 1. The van der Waals surface area contributed by atoms with Crippen LogP contribution in [0.15, 0.2) is 28.2 Å². The molecule has 13 nitrogen and oxygen atoms in total. The molecule has 0 radical (unpaired) electrons. The molecule has 2 aromatic rings. The maximum absolute atomic E-state index is 12.7. The molecule has 1 aliphatic carbocycles. The van der Waals surface area contributed by atoms with E-state index >= 15 is 0 Å². The van der Waals surface area contributed by atoms with Gasteiger partial charge in [-0.15, -0.1) is 5.10 Å². The second-order valence-electron chi connectivity index (χ2n) is 12.2. The smallest absolute Gasteiger partial charge is 0.328 e. The van der Waals surface area contributed by atoms with Crippen LogP contribution in [-0.4, -0.2) is 68.6 Å². The lowest BCUT2D eigenvalue weighted by atomic mass is 9.67. The number of hydrogen-bond acceptors (Lipinski definition) is 10. The van der Waals surface area contributed by atoms with Crippen molar-refractivity contribution in [2.75, 3.05) is 31.7 Å². The number of H-pyrrole nitrogens is 1. The lowest BCUT2D eigenvalue weighted by molar-refractivity contribution is -0.134. The number of ether oxygens (including phenoxy) is 1. The number of carbonyl (C=O) groups is 1. The third-order valence-electron chi connectivity index (χ3n) is 9.18. The second kappa shape index (κ2) is 14.3. The number of aromatic amines is 1. The first-order chi connectivity index (χ1) is 20.9. The second-order valence-corrected chi connectivity index (χ2v) is 12.2. The molecule has 5 rings (SSSR count). The zero-order valence-electron chi connectivity index (χ0n) is 25.4. The monoisotopic (exact) mass is 597 g/mol. The predicted octanol–water partition coefficient (Wildman–Crippen LogP) is 3.06. The van der Waals surface area contributed by atoms with E-state index in [1.165, 1.54) is 0 Å². The van der Waals surface area contributed by atoms with Gasteiger partial charge >= 0.3 is 5.69 Å².